The Bertz CT molecular complexity index is 687. The fourth-order valence-corrected chi connectivity index (χ4v) is 6.22. The maximum absolute atomic E-state index is 11.0. The van der Waals surface area contributed by atoms with E-state index in [1.165, 1.54) is 24.3 Å². The second-order valence-corrected chi connectivity index (χ2v) is 9.60. The van der Waals surface area contributed by atoms with E-state index in [9.17, 15) is 25.2 Å². The summed E-state index contributed by atoms with van der Waals surface area (Å²) < 4.78 is 1.03. The summed E-state index contributed by atoms with van der Waals surface area (Å²) in [6, 6.07) is 0.168. The second kappa shape index (κ2) is 9.76. The van der Waals surface area contributed by atoms with Crippen LogP contribution in [0.15, 0.2) is 12.5 Å². The lowest BCUT2D eigenvalue weighted by atomic mass is 9.78. The van der Waals surface area contributed by atoms with Gasteiger partial charge in [-0.25, -0.2) is 14.3 Å². The molecule has 0 aromatic carbocycles. The SMILES string of the molecule is C[C@H](Cc1cn(C(=O)O)cn1)NC1CCCCC1[C@@H]1S[C@H](CO)[C@H](O)[C@H](O)[C@H]1O. The van der Waals surface area contributed by atoms with Crippen molar-refractivity contribution in [3.05, 3.63) is 18.2 Å². The van der Waals surface area contributed by atoms with E-state index in [1.807, 2.05) is 6.92 Å². The predicted molar refractivity (Wildman–Crippen MR) is 108 cm³/mol. The molecule has 2 fully saturated rings. The summed E-state index contributed by atoms with van der Waals surface area (Å²) in [4.78, 5) is 15.1. The third-order valence-electron chi connectivity index (χ3n) is 6.04. The first kappa shape index (κ1) is 22.5. The zero-order valence-corrected chi connectivity index (χ0v) is 17.3. The Morgan fingerprint density at radius 1 is 1.28 bits per heavy atom. The first-order valence-electron chi connectivity index (χ1n) is 10.1. The summed E-state index contributed by atoms with van der Waals surface area (Å²) in [6.07, 6.45) is 2.76. The van der Waals surface area contributed by atoms with Crippen LogP contribution in [0.4, 0.5) is 4.79 Å². The molecule has 0 amide bonds. The van der Waals surface area contributed by atoms with Crippen LogP contribution in [0, 0.1) is 5.92 Å². The highest BCUT2D eigenvalue weighted by Crippen LogP contribution is 2.42. The largest absolute Gasteiger partial charge is 0.464 e. The fraction of sp³-hybridized carbons (Fsp3) is 0.789. The van der Waals surface area contributed by atoms with Gasteiger partial charge in [0.05, 0.1) is 29.8 Å². The summed E-state index contributed by atoms with van der Waals surface area (Å²) >= 11 is 1.37. The van der Waals surface area contributed by atoms with E-state index in [-0.39, 0.29) is 29.9 Å². The Morgan fingerprint density at radius 2 is 2.00 bits per heavy atom. The Kier molecular flexibility index (Phi) is 7.58. The van der Waals surface area contributed by atoms with E-state index in [0.29, 0.717) is 12.1 Å². The number of aliphatic hydroxyl groups excluding tert-OH is 4. The molecule has 0 radical (unpaired) electrons. The van der Waals surface area contributed by atoms with Crippen LogP contribution in [0.3, 0.4) is 0 Å². The Balaban J connectivity index is 1.66. The summed E-state index contributed by atoms with van der Waals surface area (Å²) in [5, 5.41) is 52.3. The van der Waals surface area contributed by atoms with Crippen LogP contribution >= 0.6 is 11.8 Å². The molecule has 164 valence electrons. The van der Waals surface area contributed by atoms with Crippen LogP contribution in [0.25, 0.3) is 0 Å². The lowest BCUT2D eigenvalue weighted by molar-refractivity contribution is -0.0774. The number of imidazole rings is 1. The third-order valence-corrected chi connectivity index (χ3v) is 7.76. The average molecular weight is 430 g/mol. The molecule has 1 saturated heterocycles. The maximum Gasteiger partial charge on any atom is 0.416 e. The Labute approximate surface area is 174 Å². The van der Waals surface area contributed by atoms with E-state index in [0.717, 1.165) is 30.3 Å². The fourth-order valence-electron chi connectivity index (χ4n) is 4.56. The Hall–Kier alpha value is -1.17. The molecule has 2 aliphatic rings. The van der Waals surface area contributed by atoms with E-state index in [2.05, 4.69) is 10.3 Å². The standard InChI is InChI=1S/C19H31N3O6S/c1-10(6-11-7-22(9-20-11)19(27)28)21-13-5-3-2-4-12(13)18-17(26)16(25)15(24)14(8-23)29-18/h7,9-10,12-18,21,23-26H,2-6,8H2,1H3,(H,27,28)/t10-,12?,13?,14-,15+,16+,17-,18+/m1/s1. The van der Waals surface area contributed by atoms with Gasteiger partial charge in [-0.3, -0.25) is 0 Å². The number of hydrogen-bond donors (Lipinski definition) is 6. The number of aromatic nitrogens is 2. The van der Waals surface area contributed by atoms with Gasteiger partial charge in [0.2, 0.25) is 0 Å². The highest BCUT2D eigenvalue weighted by Gasteiger charge is 2.47. The minimum absolute atomic E-state index is 0.0487. The van der Waals surface area contributed by atoms with Gasteiger partial charge in [-0.2, -0.15) is 0 Å². The number of carboxylic acid groups (broad SMARTS) is 1. The molecule has 10 heteroatoms. The number of hydrogen-bond acceptors (Lipinski definition) is 8. The first-order chi connectivity index (χ1) is 13.8. The molecule has 1 aliphatic carbocycles. The molecule has 6 N–H and O–H groups in total. The molecule has 1 saturated carbocycles. The van der Waals surface area contributed by atoms with Crippen LogP contribution in [0.2, 0.25) is 0 Å². The summed E-state index contributed by atoms with van der Waals surface area (Å²) in [5.41, 5.74) is 0.686. The van der Waals surface area contributed by atoms with Gasteiger partial charge in [-0.15, -0.1) is 11.8 Å². The molecule has 1 aliphatic heterocycles. The van der Waals surface area contributed by atoms with Crippen molar-refractivity contribution in [2.45, 2.75) is 79.9 Å². The van der Waals surface area contributed by atoms with Crippen molar-refractivity contribution in [1.82, 2.24) is 14.9 Å². The molecular weight excluding hydrogens is 398 g/mol. The number of carbonyl (C=O) groups is 1. The summed E-state index contributed by atoms with van der Waals surface area (Å²) in [6.45, 7) is 1.77. The number of nitrogens with one attached hydrogen (secondary N) is 1. The van der Waals surface area contributed by atoms with Crippen LogP contribution < -0.4 is 5.32 Å². The normalized spacial score (nSPS) is 36.7. The van der Waals surface area contributed by atoms with E-state index < -0.39 is 29.7 Å². The highest BCUT2D eigenvalue weighted by molar-refractivity contribution is 8.00. The van der Waals surface area contributed by atoms with Crippen molar-refractivity contribution in [1.29, 1.82) is 0 Å². The third kappa shape index (κ3) is 5.12. The van der Waals surface area contributed by atoms with Crippen LogP contribution in [-0.4, -0.2) is 88.7 Å². The van der Waals surface area contributed by atoms with Gasteiger partial charge in [0, 0.05) is 30.0 Å². The number of thioether (sulfide) groups is 1. The lowest BCUT2D eigenvalue weighted by Crippen LogP contribution is -2.59. The quantitative estimate of drug-likeness (QED) is 0.369. The van der Waals surface area contributed by atoms with Gasteiger partial charge in [0.1, 0.15) is 12.4 Å². The first-order valence-corrected chi connectivity index (χ1v) is 11.1. The predicted octanol–water partition coefficient (Wildman–Crippen LogP) is 0.0476. The van der Waals surface area contributed by atoms with Crippen LogP contribution in [0.1, 0.15) is 38.3 Å². The Morgan fingerprint density at radius 3 is 2.66 bits per heavy atom. The smallest absolute Gasteiger partial charge is 0.416 e. The van der Waals surface area contributed by atoms with Crippen molar-refractivity contribution in [2.75, 3.05) is 6.61 Å². The van der Waals surface area contributed by atoms with Gasteiger partial charge in [-0.1, -0.05) is 12.8 Å². The van der Waals surface area contributed by atoms with Crippen LogP contribution in [-0.2, 0) is 6.42 Å². The molecule has 29 heavy (non-hydrogen) atoms. The topological polar surface area (TPSA) is 148 Å². The van der Waals surface area contributed by atoms with Gasteiger partial charge >= 0.3 is 6.09 Å². The molecule has 2 heterocycles. The molecule has 8 atom stereocenters. The van der Waals surface area contributed by atoms with E-state index in [4.69, 9.17) is 5.11 Å². The number of rotatable bonds is 6. The van der Waals surface area contributed by atoms with Crippen molar-refractivity contribution >= 4 is 17.9 Å². The molecule has 3 rings (SSSR count). The highest BCUT2D eigenvalue weighted by atomic mass is 32.2. The molecule has 0 spiro atoms. The van der Waals surface area contributed by atoms with Crippen molar-refractivity contribution < 1.29 is 30.3 Å². The van der Waals surface area contributed by atoms with Crippen LogP contribution in [0.5, 0.6) is 0 Å². The van der Waals surface area contributed by atoms with Crippen molar-refractivity contribution in [3.63, 3.8) is 0 Å². The minimum Gasteiger partial charge on any atom is -0.464 e. The van der Waals surface area contributed by atoms with E-state index in [1.54, 1.807) is 0 Å². The van der Waals surface area contributed by atoms with Gasteiger partial charge < -0.3 is 30.8 Å². The molecule has 1 aromatic rings. The monoisotopic (exact) mass is 429 g/mol. The number of nitrogens with zero attached hydrogens (tertiary/aromatic N) is 2. The van der Waals surface area contributed by atoms with E-state index >= 15 is 0 Å². The average Bonchev–Trinajstić information content (AvgIpc) is 3.16. The zero-order chi connectivity index (χ0) is 21.1. The number of aliphatic hydroxyl groups is 4. The van der Waals surface area contributed by atoms with Crippen molar-refractivity contribution in [2.24, 2.45) is 5.92 Å². The molecular formula is C19H31N3O6S. The lowest BCUT2D eigenvalue weighted by Gasteiger charge is -2.46. The molecule has 9 nitrogen and oxygen atoms in total. The van der Waals surface area contributed by atoms with Crippen molar-refractivity contribution in [3.8, 4) is 0 Å². The van der Waals surface area contributed by atoms with Gasteiger partial charge in [0.25, 0.3) is 0 Å². The summed E-state index contributed by atoms with van der Waals surface area (Å²) in [5.74, 6) is 0.0963. The summed E-state index contributed by atoms with van der Waals surface area (Å²) in [7, 11) is 0. The van der Waals surface area contributed by atoms with Gasteiger partial charge in [0.15, 0.2) is 0 Å². The maximum atomic E-state index is 11.0. The zero-order valence-electron chi connectivity index (χ0n) is 16.5. The minimum atomic E-state index is -1.27. The second-order valence-electron chi connectivity index (χ2n) is 8.17. The van der Waals surface area contributed by atoms with Gasteiger partial charge in [-0.05, 0) is 25.7 Å². The molecule has 2 unspecified atom stereocenters. The molecule has 1 aromatic heterocycles. The molecule has 0 bridgehead atoms.